The Morgan fingerprint density at radius 2 is 2.20 bits per heavy atom. The first kappa shape index (κ1) is 16.9. The van der Waals surface area contributed by atoms with Crippen molar-refractivity contribution in [3.8, 4) is 0 Å². The van der Waals surface area contributed by atoms with E-state index in [1.165, 1.54) is 12.1 Å². The molecule has 0 bridgehead atoms. The minimum Gasteiger partial charge on any atom is -0.377 e. The number of benzene rings is 1. The number of non-ortho nitro benzene ring substituents is 1. The van der Waals surface area contributed by atoms with Crippen molar-refractivity contribution in [2.75, 3.05) is 32.1 Å². The van der Waals surface area contributed by atoms with Gasteiger partial charge in [0.15, 0.2) is 0 Å². The number of aromatic nitrogens is 2. The highest BCUT2D eigenvalue weighted by Crippen LogP contribution is 2.30. The number of carbonyl (C=O) groups is 1. The maximum absolute atomic E-state index is 13.1. The average Bonchev–Trinajstić information content (AvgIpc) is 3.15. The second kappa shape index (κ2) is 6.92. The number of carbonyl (C=O) groups excluding carboxylic acids is 1. The van der Waals surface area contributed by atoms with Gasteiger partial charge in [0, 0.05) is 62.8 Å². The van der Waals surface area contributed by atoms with Crippen molar-refractivity contribution in [2.24, 2.45) is 0 Å². The van der Waals surface area contributed by atoms with Crippen LogP contribution in [0.5, 0.6) is 0 Å². The van der Waals surface area contributed by atoms with Gasteiger partial charge in [0.25, 0.3) is 11.6 Å². The molecule has 1 atom stereocenters. The number of hydrogen-bond donors (Lipinski definition) is 1. The second-order valence-electron chi connectivity index (χ2n) is 6.46. The molecule has 0 unspecified atom stereocenters. The number of H-pyrrole nitrogens is 1. The summed E-state index contributed by atoms with van der Waals surface area (Å²) in [5.74, 6) is 0.0401. The number of likely N-dealkylation sites (tertiary alicyclic amines) is 1. The van der Waals surface area contributed by atoms with Crippen LogP contribution in [0.1, 0.15) is 34.8 Å². The SMILES string of the molecule is CN(C)c1ccc([N+](=O)[O-])cc1C(=O)N1CCC[C@@H](c2ccn[nH]2)C1. The Bertz CT molecular complexity index is 773. The van der Waals surface area contributed by atoms with Crippen LogP contribution in [0.2, 0.25) is 0 Å². The van der Waals surface area contributed by atoms with Crippen LogP contribution in [-0.2, 0) is 0 Å². The first-order valence-electron chi connectivity index (χ1n) is 8.21. The van der Waals surface area contributed by atoms with Crippen molar-refractivity contribution in [1.29, 1.82) is 0 Å². The van der Waals surface area contributed by atoms with Crippen molar-refractivity contribution in [2.45, 2.75) is 18.8 Å². The molecule has 3 rings (SSSR count). The van der Waals surface area contributed by atoms with Crippen LogP contribution >= 0.6 is 0 Å². The van der Waals surface area contributed by atoms with Crippen LogP contribution in [-0.4, -0.2) is 53.1 Å². The maximum Gasteiger partial charge on any atom is 0.270 e. The van der Waals surface area contributed by atoms with Gasteiger partial charge in [-0.15, -0.1) is 0 Å². The number of anilines is 1. The maximum atomic E-state index is 13.1. The predicted octanol–water partition coefficient (Wildman–Crippen LogP) is 2.40. The van der Waals surface area contributed by atoms with E-state index in [-0.39, 0.29) is 17.5 Å². The summed E-state index contributed by atoms with van der Waals surface area (Å²) in [7, 11) is 3.64. The highest BCUT2D eigenvalue weighted by atomic mass is 16.6. The Balaban J connectivity index is 1.89. The van der Waals surface area contributed by atoms with Gasteiger partial charge in [-0.1, -0.05) is 0 Å². The molecule has 0 spiro atoms. The Morgan fingerprint density at radius 3 is 2.84 bits per heavy atom. The quantitative estimate of drug-likeness (QED) is 0.679. The number of rotatable bonds is 4. The predicted molar refractivity (Wildman–Crippen MR) is 93.9 cm³/mol. The third-order valence-electron chi connectivity index (χ3n) is 4.57. The fourth-order valence-corrected chi connectivity index (χ4v) is 3.28. The van der Waals surface area contributed by atoms with E-state index in [1.807, 2.05) is 20.2 Å². The molecule has 1 amide bonds. The summed E-state index contributed by atoms with van der Waals surface area (Å²) in [5.41, 5.74) is 1.99. The Morgan fingerprint density at radius 1 is 1.40 bits per heavy atom. The highest BCUT2D eigenvalue weighted by Gasteiger charge is 2.28. The minimum absolute atomic E-state index is 0.0731. The van der Waals surface area contributed by atoms with Crippen LogP contribution in [0.3, 0.4) is 0 Å². The Hall–Kier alpha value is -2.90. The summed E-state index contributed by atoms with van der Waals surface area (Å²) in [5, 5.41) is 18.1. The molecule has 1 aliphatic heterocycles. The van der Waals surface area contributed by atoms with E-state index in [0.29, 0.717) is 24.3 Å². The number of nitro benzene ring substituents is 1. The molecule has 0 radical (unpaired) electrons. The molecular weight excluding hydrogens is 322 g/mol. The van der Waals surface area contributed by atoms with E-state index < -0.39 is 4.92 Å². The second-order valence-corrected chi connectivity index (χ2v) is 6.46. The van der Waals surface area contributed by atoms with Crippen LogP contribution in [0.15, 0.2) is 30.5 Å². The summed E-state index contributed by atoms with van der Waals surface area (Å²) in [6.45, 7) is 1.23. The van der Waals surface area contributed by atoms with Crippen molar-refractivity contribution in [3.63, 3.8) is 0 Å². The lowest BCUT2D eigenvalue weighted by Gasteiger charge is -2.33. The van der Waals surface area contributed by atoms with E-state index in [9.17, 15) is 14.9 Å². The number of amides is 1. The van der Waals surface area contributed by atoms with Gasteiger partial charge in [0.05, 0.1) is 10.5 Å². The fourth-order valence-electron chi connectivity index (χ4n) is 3.28. The molecule has 2 heterocycles. The van der Waals surface area contributed by atoms with Gasteiger partial charge >= 0.3 is 0 Å². The van der Waals surface area contributed by atoms with Crippen molar-refractivity contribution in [3.05, 3.63) is 51.8 Å². The van der Waals surface area contributed by atoms with Crippen LogP contribution < -0.4 is 4.90 Å². The molecule has 8 heteroatoms. The molecule has 1 saturated heterocycles. The van der Waals surface area contributed by atoms with Gasteiger partial charge in [-0.3, -0.25) is 20.0 Å². The molecular formula is C17H21N5O3. The summed E-state index contributed by atoms with van der Waals surface area (Å²) < 4.78 is 0. The molecule has 1 aliphatic rings. The van der Waals surface area contributed by atoms with E-state index in [2.05, 4.69) is 10.2 Å². The number of aromatic amines is 1. The molecule has 1 aromatic carbocycles. The third kappa shape index (κ3) is 3.47. The normalized spacial score (nSPS) is 17.4. The van der Waals surface area contributed by atoms with Gasteiger partial charge in [-0.2, -0.15) is 5.10 Å². The summed E-state index contributed by atoms with van der Waals surface area (Å²) in [6, 6.07) is 6.35. The van der Waals surface area contributed by atoms with Gasteiger partial charge in [-0.05, 0) is 25.0 Å². The summed E-state index contributed by atoms with van der Waals surface area (Å²) >= 11 is 0. The molecule has 1 N–H and O–H groups in total. The lowest BCUT2D eigenvalue weighted by atomic mass is 9.94. The van der Waals surface area contributed by atoms with Gasteiger partial charge < -0.3 is 9.80 Å². The third-order valence-corrected chi connectivity index (χ3v) is 4.57. The number of nitrogens with one attached hydrogen (secondary N) is 1. The molecule has 0 saturated carbocycles. The average molecular weight is 343 g/mol. The Labute approximate surface area is 145 Å². The van der Waals surface area contributed by atoms with Gasteiger partial charge in [0.2, 0.25) is 0 Å². The fraction of sp³-hybridized carbons (Fsp3) is 0.412. The number of nitro groups is 1. The van der Waals surface area contributed by atoms with E-state index in [4.69, 9.17) is 0 Å². The number of piperidine rings is 1. The monoisotopic (exact) mass is 343 g/mol. The van der Waals surface area contributed by atoms with Crippen molar-refractivity contribution >= 4 is 17.3 Å². The van der Waals surface area contributed by atoms with Gasteiger partial charge in [0.1, 0.15) is 0 Å². The zero-order valence-corrected chi connectivity index (χ0v) is 14.3. The molecule has 1 aromatic heterocycles. The molecule has 1 fully saturated rings. The molecule has 132 valence electrons. The topological polar surface area (TPSA) is 95.4 Å². The number of nitrogens with zero attached hydrogens (tertiary/aromatic N) is 4. The molecule has 0 aliphatic carbocycles. The molecule has 25 heavy (non-hydrogen) atoms. The lowest BCUT2D eigenvalue weighted by Crippen LogP contribution is -2.39. The first-order chi connectivity index (χ1) is 12.0. The van der Waals surface area contributed by atoms with Crippen LogP contribution in [0.25, 0.3) is 0 Å². The standard InChI is InChI=1S/C17H21N5O3/c1-20(2)16-6-5-13(22(24)25)10-14(16)17(23)21-9-3-4-12(11-21)15-7-8-18-19-15/h5-8,10,12H,3-4,9,11H2,1-2H3,(H,18,19)/t12-/m1/s1. The minimum atomic E-state index is -0.472. The molecule has 2 aromatic rings. The van der Waals surface area contributed by atoms with E-state index >= 15 is 0 Å². The van der Waals surface area contributed by atoms with E-state index in [0.717, 1.165) is 18.5 Å². The zero-order valence-electron chi connectivity index (χ0n) is 14.3. The summed E-state index contributed by atoms with van der Waals surface area (Å²) in [6.07, 6.45) is 3.59. The zero-order chi connectivity index (χ0) is 18.0. The largest absolute Gasteiger partial charge is 0.377 e. The lowest BCUT2D eigenvalue weighted by molar-refractivity contribution is -0.384. The van der Waals surface area contributed by atoms with Crippen LogP contribution in [0.4, 0.5) is 11.4 Å². The first-order valence-corrected chi connectivity index (χ1v) is 8.21. The van der Waals surface area contributed by atoms with Crippen LogP contribution in [0, 0.1) is 10.1 Å². The highest BCUT2D eigenvalue weighted by molar-refractivity contribution is 6.00. The molecule has 8 nitrogen and oxygen atoms in total. The summed E-state index contributed by atoms with van der Waals surface area (Å²) in [4.78, 5) is 27.3. The van der Waals surface area contributed by atoms with Crippen molar-refractivity contribution < 1.29 is 9.72 Å². The van der Waals surface area contributed by atoms with Gasteiger partial charge in [-0.25, -0.2) is 0 Å². The smallest absolute Gasteiger partial charge is 0.270 e. The Kier molecular flexibility index (Phi) is 4.69. The van der Waals surface area contributed by atoms with E-state index in [1.54, 1.807) is 22.1 Å². The van der Waals surface area contributed by atoms with Crippen molar-refractivity contribution in [1.82, 2.24) is 15.1 Å². The number of hydrogen-bond acceptors (Lipinski definition) is 5.